The fraction of sp³-hybridized carbons (Fsp3) is 0.542. The second-order valence-corrected chi connectivity index (χ2v) is 9.30. The van der Waals surface area contributed by atoms with Crippen molar-refractivity contribution in [1.82, 2.24) is 14.7 Å². The summed E-state index contributed by atoms with van der Waals surface area (Å²) in [5.74, 6) is 0.605. The van der Waals surface area contributed by atoms with Gasteiger partial charge in [-0.15, -0.1) is 0 Å². The maximum Gasteiger partial charge on any atom is 0.245 e. The van der Waals surface area contributed by atoms with Gasteiger partial charge in [0, 0.05) is 23.9 Å². The van der Waals surface area contributed by atoms with Gasteiger partial charge < -0.3 is 10.2 Å². The van der Waals surface area contributed by atoms with Gasteiger partial charge in [0.05, 0.1) is 17.9 Å². The van der Waals surface area contributed by atoms with Crippen LogP contribution in [0.4, 0.5) is 5.82 Å². The molecule has 1 fully saturated rings. The molecule has 0 unspecified atom stereocenters. The van der Waals surface area contributed by atoms with Crippen LogP contribution in [0.25, 0.3) is 5.69 Å². The maximum atomic E-state index is 12.9. The van der Waals surface area contributed by atoms with Gasteiger partial charge in [0.25, 0.3) is 0 Å². The lowest BCUT2D eigenvalue weighted by Gasteiger charge is -2.23. The number of nitrogens with zero attached hydrogens (tertiary/aromatic N) is 3. The van der Waals surface area contributed by atoms with Gasteiger partial charge in [-0.1, -0.05) is 45.7 Å². The number of nitrogens with one attached hydrogen (secondary N) is 1. The van der Waals surface area contributed by atoms with Crippen molar-refractivity contribution in [3.8, 4) is 5.69 Å². The molecule has 1 heterocycles. The van der Waals surface area contributed by atoms with E-state index in [2.05, 4.69) is 26.1 Å². The van der Waals surface area contributed by atoms with Crippen LogP contribution in [0.5, 0.6) is 0 Å². The quantitative estimate of drug-likeness (QED) is 0.765. The Balaban J connectivity index is 1.81. The molecule has 162 valence electrons. The van der Waals surface area contributed by atoms with Crippen LogP contribution in [0.15, 0.2) is 30.3 Å². The Morgan fingerprint density at radius 3 is 2.50 bits per heavy atom. The Labute approximate surface area is 179 Å². The first kappa shape index (κ1) is 22.1. The highest BCUT2D eigenvalue weighted by atomic mass is 16.2. The lowest BCUT2D eigenvalue weighted by atomic mass is 9.92. The molecule has 1 N–H and O–H groups in total. The van der Waals surface area contributed by atoms with Crippen LogP contribution in [0, 0.1) is 12.8 Å². The van der Waals surface area contributed by atoms with Gasteiger partial charge in [0.15, 0.2) is 0 Å². The molecule has 0 spiro atoms. The standard InChI is InChI=1S/C24H34N4O2/c1-6-27(23(30)18-11-7-8-12-18)16-22(29)25-21-15-20(24(3,4)5)26-28(21)19-13-9-10-17(2)14-19/h9-10,13-15,18H,6-8,11-12,16H2,1-5H3,(H,25,29). The highest BCUT2D eigenvalue weighted by Gasteiger charge is 2.28. The molecule has 1 saturated carbocycles. The minimum atomic E-state index is -0.197. The molecule has 6 heteroatoms. The van der Waals surface area contributed by atoms with Crippen molar-refractivity contribution in [2.24, 2.45) is 5.92 Å². The lowest BCUT2D eigenvalue weighted by molar-refractivity contribution is -0.138. The number of benzene rings is 1. The van der Waals surface area contributed by atoms with Crippen molar-refractivity contribution >= 4 is 17.6 Å². The van der Waals surface area contributed by atoms with E-state index in [1.165, 1.54) is 0 Å². The van der Waals surface area contributed by atoms with E-state index in [4.69, 9.17) is 5.10 Å². The predicted octanol–water partition coefficient (Wildman–Crippen LogP) is 4.46. The zero-order chi connectivity index (χ0) is 21.9. The SMILES string of the molecule is CCN(CC(=O)Nc1cc(C(C)(C)C)nn1-c1cccc(C)c1)C(=O)C1CCCC1. The van der Waals surface area contributed by atoms with E-state index in [1.54, 1.807) is 9.58 Å². The van der Waals surface area contributed by atoms with E-state index >= 15 is 0 Å². The molecular weight excluding hydrogens is 376 g/mol. The first-order chi connectivity index (χ1) is 14.2. The summed E-state index contributed by atoms with van der Waals surface area (Å²) in [4.78, 5) is 27.3. The highest BCUT2D eigenvalue weighted by molar-refractivity contribution is 5.94. The van der Waals surface area contributed by atoms with E-state index in [1.807, 2.05) is 44.2 Å². The number of hydrogen-bond donors (Lipinski definition) is 1. The van der Waals surface area contributed by atoms with Gasteiger partial charge in [0.1, 0.15) is 5.82 Å². The second-order valence-electron chi connectivity index (χ2n) is 9.30. The molecule has 3 rings (SSSR count). The molecule has 1 aliphatic carbocycles. The second kappa shape index (κ2) is 9.02. The van der Waals surface area contributed by atoms with Crippen LogP contribution in [-0.2, 0) is 15.0 Å². The molecule has 0 bridgehead atoms. The summed E-state index contributed by atoms with van der Waals surface area (Å²) in [6.07, 6.45) is 4.08. The summed E-state index contributed by atoms with van der Waals surface area (Å²) < 4.78 is 1.78. The van der Waals surface area contributed by atoms with Crippen molar-refractivity contribution in [3.63, 3.8) is 0 Å². The van der Waals surface area contributed by atoms with E-state index in [0.29, 0.717) is 12.4 Å². The monoisotopic (exact) mass is 410 g/mol. The molecule has 1 aromatic heterocycles. The molecule has 1 aliphatic rings. The fourth-order valence-corrected chi connectivity index (χ4v) is 3.93. The van der Waals surface area contributed by atoms with Crippen molar-refractivity contribution in [3.05, 3.63) is 41.6 Å². The molecule has 0 atom stereocenters. The molecular formula is C24H34N4O2. The van der Waals surface area contributed by atoms with Gasteiger partial charge in [-0.3, -0.25) is 9.59 Å². The minimum Gasteiger partial charge on any atom is -0.333 e. The Hall–Kier alpha value is -2.63. The van der Waals surface area contributed by atoms with E-state index in [0.717, 1.165) is 42.6 Å². The van der Waals surface area contributed by atoms with Gasteiger partial charge in [-0.2, -0.15) is 5.10 Å². The molecule has 1 aromatic carbocycles. The number of aromatic nitrogens is 2. The summed E-state index contributed by atoms with van der Waals surface area (Å²) in [5.41, 5.74) is 2.77. The number of anilines is 1. The van der Waals surface area contributed by atoms with Crippen LogP contribution in [0.2, 0.25) is 0 Å². The van der Waals surface area contributed by atoms with E-state index in [9.17, 15) is 9.59 Å². The summed E-state index contributed by atoms with van der Waals surface area (Å²) in [6.45, 7) is 10.9. The number of aryl methyl sites for hydroxylation is 1. The van der Waals surface area contributed by atoms with E-state index < -0.39 is 0 Å². The Bertz CT molecular complexity index is 904. The number of likely N-dealkylation sites (N-methyl/N-ethyl adjacent to an activating group) is 1. The predicted molar refractivity (Wildman–Crippen MR) is 120 cm³/mol. The third-order valence-corrected chi connectivity index (χ3v) is 5.72. The molecule has 0 radical (unpaired) electrons. The van der Waals surface area contributed by atoms with Crippen LogP contribution >= 0.6 is 0 Å². The van der Waals surface area contributed by atoms with Crippen LogP contribution in [0.3, 0.4) is 0 Å². The van der Waals surface area contributed by atoms with Gasteiger partial charge in [-0.25, -0.2) is 4.68 Å². The third kappa shape index (κ3) is 5.10. The number of rotatable bonds is 6. The summed E-state index contributed by atoms with van der Waals surface area (Å²) in [6, 6.07) is 9.95. The first-order valence-electron chi connectivity index (χ1n) is 10.9. The van der Waals surface area contributed by atoms with Crippen molar-refractivity contribution in [2.75, 3.05) is 18.4 Å². The summed E-state index contributed by atoms with van der Waals surface area (Å²) in [5, 5.41) is 7.76. The van der Waals surface area contributed by atoms with E-state index in [-0.39, 0.29) is 29.7 Å². The smallest absolute Gasteiger partial charge is 0.245 e. The number of carbonyl (C=O) groups is 2. The number of amides is 2. The Morgan fingerprint density at radius 1 is 1.20 bits per heavy atom. The largest absolute Gasteiger partial charge is 0.333 e. The van der Waals surface area contributed by atoms with Crippen molar-refractivity contribution in [2.45, 2.75) is 65.7 Å². The van der Waals surface area contributed by atoms with Crippen LogP contribution in [-0.4, -0.2) is 39.6 Å². The van der Waals surface area contributed by atoms with Gasteiger partial charge >= 0.3 is 0 Å². The molecule has 6 nitrogen and oxygen atoms in total. The molecule has 30 heavy (non-hydrogen) atoms. The summed E-state index contributed by atoms with van der Waals surface area (Å²) >= 11 is 0. The fourth-order valence-electron chi connectivity index (χ4n) is 3.93. The molecule has 2 aromatic rings. The normalized spacial score (nSPS) is 14.7. The topological polar surface area (TPSA) is 67.2 Å². The zero-order valence-electron chi connectivity index (χ0n) is 18.9. The summed E-state index contributed by atoms with van der Waals surface area (Å²) in [7, 11) is 0. The average molecular weight is 411 g/mol. The third-order valence-electron chi connectivity index (χ3n) is 5.72. The number of hydrogen-bond acceptors (Lipinski definition) is 3. The van der Waals surface area contributed by atoms with Crippen molar-refractivity contribution < 1.29 is 9.59 Å². The van der Waals surface area contributed by atoms with Crippen molar-refractivity contribution in [1.29, 1.82) is 0 Å². The van der Waals surface area contributed by atoms with Gasteiger partial charge in [0.2, 0.25) is 11.8 Å². The van der Waals surface area contributed by atoms with Crippen LogP contribution in [0.1, 0.15) is 64.6 Å². The molecule has 0 aliphatic heterocycles. The molecule has 0 saturated heterocycles. The maximum absolute atomic E-state index is 12.9. The Kier molecular flexibility index (Phi) is 6.64. The minimum absolute atomic E-state index is 0.0652. The first-order valence-corrected chi connectivity index (χ1v) is 10.9. The average Bonchev–Trinajstić information content (AvgIpc) is 3.35. The molecule has 2 amide bonds. The van der Waals surface area contributed by atoms with Crippen LogP contribution < -0.4 is 5.32 Å². The zero-order valence-corrected chi connectivity index (χ0v) is 18.9. The van der Waals surface area contributed by atoms with Gasteiger partial charge in [-0.05, 0) is 44.4 Å². The number of carbonyl (C=O) groups excluding carboxylic acids is 2. The lowest BCUT2D eigenvalue weighted by Crippen LogP contribution is -2.40. The highest BCUT2D eigenvalue weighted by Crippen LogP contribution is 2.28. The Morgan fingerprint density at radius 2 is 1.90 bits per heavy atom.